The van der Waals surface area contributed by atoms with E-state index in [0.29, 0.717) is 35.1 Å². The molecule has 1 saturated heterocycles. The van der Waals surface area contributed by atoms with Crippen LogP contribution in [0.25, 0.3) is 5.70 Å². The number of rotatable bonds is 9. The highest BCUT2D eigenvalue weighted by molar-refractivity contribution is 5.99. The Morgan fingerprint density at radius 2 is 1.68 bits per heavy atom. The second kappa shape index (κ2) is 10.3. The lowest BCUT2D eigenvalue weighted by Crippen LogP contribution is -2.49. The predicted molar refractivity (Wildman–Crippen MR) is 119 cm³/mol. The molecule has 1 atom stereocenters. The summed E-state index contributed by atoms with van der Waals surface area (Å²) in [7, 11) is 6.45. The van der Waals surface area contributed by atoms with E-state index in [-0.39, 0.29) is 11.9 Å². The Bertz CT molecular complexity index is 913. The quantitative estimate of drug-likeness (QED) is 0.607. The lowest BCUT2D eigenvalue weighted by atomic mass is 10.1. The van der Waals surface area contributed by atoms with E-state index in [0.717, 1.165) is 24.9 Å². The summed E-state index contributed by atoms with van der Waals surface area (Å²) in [5, 5.41) is 3.72. The highest BCUT2D eigenvalue weighted by Crippen LogP contribution is 2.34. The Morgan fingerprint density at radius 1 is 1.00 bits per heavy atom. The number of amides is 1. The number of nitrogens with zero attached hydrogens (tertiary/aromatic N) is 2. The summed E-state index contributed by atoms with van der Waals surface area (Å²) in [6.07, 6.45) is 1.92. The SMILES string of the molecule is C=C(c1ccc(OC)c(OC)c1)N(C(=O)c1ccc(OC)cc1)N1CCC[C@H]1COC. The van der Waals surface area contributed by atoms with E-state index in [2.05, 4.69) is 11.6 Å². The van der Waals surface area contributed by atoms with E-state index in [4.69, 9.17) is 18.9 Å². The van der Waals surface area contributed by atoms with Gasteiger partial charge in [-0.05, 0) is 55.3 Å². The number of hydrogen-bond acceptors (Lipinski definition) is 6. The molecule has 0 aliphatic carbocycles. The van der Waals surface area contributed by atoms with Gasteiger partial charge in [0.25, 0.3) is 5.91 Å². The summed E-state index contributed by atoms with van der Waals surface area (Å²) in [6, 6.07) is 12.7. The first-order valence-corrected chi connectivity index (χ1v) is 10.2. The van der Waals surface area contributed by atoms with Gasteiger partial charge in [0.05, 0.1) is 39.7 Å². The van der Waals surface area contributed by atoms with Crippen LogP contribution in [0, 0.1) is 0 Å². The van der Waals surface area contributed by atoms with Crippen LogP contribution in [-0.2, 0) is 4.74 Å². The molecule has 2 aromatic carbocycles. The molecule has 0 bridgehead atoms. The minimum Gasteiger partial charge on any atom is -0.497 e. The Labute approximate surface area is 183 Å². The second-order valence-electron chi connectivity index (χ2n) is 7.28. The maximum absolute atomic E-state index is 13.7. The lowest BCUT2D eigenvalue weighted by Gasteiger charge is -2.37. The van der Waals surface area contributed by atoms with Gasteiger partial charge in [-0.3, -0.25) is 4.79 Å². The first kappa shape index (κ1) is 22.7. The van der Waals surface area contributed by atoms with Gasteiger partial charge in [0.1, 0.15) is 5.75 Å². The van der Waals surface area contributed by atoms with E-state index >= 15 is 0 Å². The Hall–Kier alpha value is -3.03. The van der Waals surface area contributed by atoms with Crippen molar-refractivity contribution in [3.8, 4) is 17.2 Å². The van der Waals surface area contributed by atoms with Crippen molar-refractivity contribution in [2.45, 2.75) is 18.9 Å². The molecule has 0 unspecified atom stereocenters. The molecule has 0 saturated carbocycles. The standard InChI is InChI=1S/C24H30N2O5/c1-17(19-10-13-22(30-4)23(15-19)31-5)26(25-14-6-7-20(25)16-28-2)24(27)18-8-11-21(29-3)12-9-18/h8-13,15,20H,1,6-7,14,16H2,2-5H3/t20-/m0/s1. The molecule has 7 nitrogen and oxygen atoms in total. The van der Waals surface area contributed by atoms with Crippen molar-refractivity contribution in [2.75, 3.05) is 41.6 Å². The number of hydrogen-bond donors (Lipinski definition) is 0. The minimum absolute atomic E-state index is 0.0871. The van der Waals surface area contributed by atoms with E-state index in [1.807, 2.05) is 18.2 Å². The van der Waals surface area contributed by atoms with Gasteiger partial charge in [0.15, 0.2) is 11.5 Å². The third-order valence-corrected chi connectivity index (χ3v) is 5.46. The van der Waals surface area contributed by atoms with Gasteiger partial charge < -0.3 is 18.9 Å². The normalized spacial score (nSPS) is 16.1. The van der Waals surface area contributed by atoms with Gasteiger partial charge in [-0.2, -0.15) is 0 Å². The molecule has 0 spiro atoms. The Morgan fingerprint density at radius 3 is 2.29 bits per heavy atom. The van der Waals surface area contributed by atoms with Crippen molar-refractivity contribution < 1.29 is 23.7 Å². The van der Waals surface area contributed by atoms with Crippen molar-refractivity contribution in [3.05, 3.63) is 60.2 Å². The summed E-state index contributed by atoms with van der Waals surface area (Å²) in [4.78, 5) is 13.7. The molecular weight excluding hydrogens is 396 g/mol. The fraction of sp³-hybridized carbons (Fsp3) is 0.375. The lowest BCUT2D eigenvalue weighted by molar-refractivity contribution is -0.00237. The second-order valence-corrected chi connectivity index (χ2v) is 7.28. The van der Waals surface area contributed by atoms with Gasteiger partial charge in [-0.1, -0.05) is 6.58 Å². The maximum atomic E-state index is 13.7. The molecule has 166 valence electrons. The van der Waals surface area contributed by atoms with Gasteiger partial charge in [-0.25, -0.2) is 10.0 Å². The fourth-order valence-electron chi connectivity index (χ4n) is 3.83. The third-order valence-electron chi connectivity index (χ3n) is 5.46. The van der Waals surface area contributed by atoms with E-state index < -0.39 is 0 Å². The molecule has 1 aliphatic heterocycles. The monoisotopic (exact) mass is 426 g/mol. The zero-order valence-corrected chi connectivity index (χ0v) is 18.6. The first-order valence-electron chi connectivity index (χ1n) is 10.2. The van der Waals surface area contributed by atoms with Gasteiger partial charge in [0.2, 0.25) is 0 Å². The van der Waals surface area contributed by atoms with Crippen LogP contribution in [0.5, 0.6) is 17.2 Å². The average molecular weight is 427 g/mol. The third kappa shape index (κ3) is 4.84. The van der Waals surface area contributed by atoms with Crippen LogP contribution in [0.1, 0.15) is 28.8 Å². The van der Waals surface area contributed by atoms with Crippen molar-refractivity contribution in [1.29, 1.82) is 0 Å². The zero-order valence-electron chi connectivity index (χ0n) is 18.6. The summed E-state index contributed by atoms with van der Waals surface area (Å²) in [5.74, 6) is 1.73. The van der Waals surface area contributed by atoms with Crippen LogP contribution < -0.4 is 14.2 Å². The molecule has 1 fully saturated rings. The van der Waals surface area contributed by atoms with Gasteiger partial charge in [0, 0.05) is 24.8 Å². The Kier molecular flexibility index (Phi) is 7.55. The van der Waals surface area contributed by atoms with E-state index in [1.165, 1.54) is 0 Å². The van der Waals surface area contributed by atoms with Crippen LogP contribution in [0.3, 0.4) is 0 Å². The number of methoxy groups -OCH3 is 4. The summed E-state index contributed by atoms with van der Waals surface area (Å²) in [5.41, 5.74) is 1.87. The maximum Gasteiger partial charge on any atom is 0.272 e. The fourth-order valence-corrected chi connectivity index (χ4v) is 3.83. The van der Waals surface area contributed by atoms with Gasteiger partial charge in [-0.15, -0.1) is 0 Å². The summed E-state index contributed by atoms with van der Waals surface area (Å²) in [6.45, 7) is 5.55. The summed E-state index contributed by atoms with van der Waals surface area (Å²) >= 11 is 0. The van der Waals surface area contributed by atoms with Gasteiger partial charge >= 0.3 is 0 Å². The topological polar surface area (TPSA) is 60.5 Å². The molecule has 1 amide bonds. The largest absolute Gasteiger partial charge is 0.497 e. The van der Waals surface area contributed by atoms with Crippen molar-refractivity contribution in [3.63, 3.8) is 0 Å². The molecule has 1 aliphatic rings. The molecule has 0 N–H and O–H groups in total. The molecule has 7 heteroatoms. The van der Waals surface area contributed by atoms with Crippen LogP contribution in [0.15, 0.2) is 49.0 Å². The number of carbonyl (C=O) groups excluding carboxylic acids is 1. The first-order chi connectivity index (χ1) is 15.0. The smallest absolute Gasteiger partial charge is 0.272 e. The number of ether oxygens (including phenoxy) is 4. The van der Waals surface area contributed by atoms with Crippen LogP contribution in [0.2, 0.25) is 0 Å². The molecule has 0 radical (unpaired) electrons. The molecule has 31 heavy (non-hydrogen) atoms. The summed E-state index contributed by atoms with van der Waals surface area (Å²) < 4.78 is 21.4. The number of hydrazine groups is 1. The van der Waals surface area contributed by atoms with Crippen molar-refractivity contribution in [1.82, 2.24) is 10.0 Å². The molecular formula is C24H30N2O5. The van der Waals surface area contributed by atoms with Crippen molar-refractivity contribution in [2.24, 2.45) is 0 Å². The molecule has 0 aromatic heterocycles. The minimum atomic E-state index is -0.162. The highest BCUT2D eigenvalue weighted by Gasteiger charge is 2.35. The molecule has 3 rings (SSSR count). The molecule has 1 heterocycles. The van der Waals surface area contributed by atoms with Crippen LogP contribution in [-0.4, -0.2) is 63.6 Å². The predicted octanol–water partition coefficient (Wildman–Crippen LogP) is 3.85. The molecule has 2 aromatic rings. The van der Waals surface area contributed by atoms with Crippen LogP contribution in [0.4, 0.5) is 0 Å². The Balaban J connectivity index is 2.00. The number of carbonyl (C=O) groups is 1. The average Bonchev–Trinajstić information content (AvgIpc) is 3.26. The van der Waals surface area contributed by atoms with E-state index in [9.17, 15) is 4.79 Å². The number of benzene rings is 2. The highest BCUT2D eigenvalue weighted by atomic mass is 16.5. The van der Waals surface area contributed by atoms with Crippen LogP contribution >= 0.6 is 0 Å². The zero-order chi connectivity index (χ0) is 22.4. The van der Waals surface area contributed by atoms with E-state index in [1.54, 1.807) is 57.7 Å². The van der Waals surface area contributed by atoms with Crippen molar-refractivity contribution >= 4 is 11.6 Å².